The molecule has 0 aliphatic carbocycles. The van der Waals surface area contributed by atoms with E-state index in [9.17, 15) is 0 Å². The second kappa shape index (κ2) is 6.09. The van der Waals surface area contributed by atoms with Crippen LogP contribution in [-0.2, 0) is 13.0 Å². The van der Waals surface area contributed by atoms with Gasteiger partial charge in [-0.1, -0.05) is 25.1 Å². The lowest BCUT2D eigenvalue weighted by Gasteiger charge is -2.38. The average molecular weight is 296 g/mol. The Balaban J connectivity index is 1.84. The summed E-state index contributed by atoms with van der Waals surface area (Å²) in [5.41, 5.74) is 3.70. The number of hydrogen-bond donors (Lipinski definition) is 1. The maximum Gasteiger partial charge on any atom is 0.124 e. The minimum atomic E-state index is -0.146. The molecule has 1 aromatic heterocycles. The lowest BCUT2D eigenvalue weighted by Crippen LogP contribution is -2.39. The van der Waals surface area contributed by atoms with Crippen LogP contribution in [0.25, 0.3) is 0 Å². The van der Waals surface area contributed by atoms with Crippen LogP contribution < -0.4 is 10.1 Å². The molecule has 0 bridgehead atoms. The van der Waals surface area contributed by atoms with Gasteiger partial charge in [-0.2, -0.15) is 0 Å². The highest BCUT2D eigenvalue weighted by Crippen LogP contribution is 2.40. The number of nitrogens with zero attached hydrogens (tertiary/aromatic N) is 1. The molecule has 1 unspecified atom stereocenters. The first kappa shape index (κ1) is 15.0. The smallest absolute Gasteiger partial charge is 0.124 e. The van der Waals surface area contributed by atoms with Crippen LogP contribution in [0.4, 0.5) is 0 Å². The van der Waals surface area contributed by atoms with Crippen molar-refractivity contribution in [2.75, 3.05) is 0 Å². The molecule has 2 heterocycles. The van der Waals surface area contributed by atoms with Crippen LogP contribution in [0, 0.1) is 0 Å². The fourth-order valence-electron chi connectivity index (χ4n) is 3.05. The third-order valence-corrected chi connectivity index (χ3v) is 4.22. The molecular formula is C19H24N2O. The molecule has 1 N–H and O–H groups in total. The summed E-state index contributed by atoms with van der Waals surface area (Å²) in [6.45, 7) is 7.32. The summed E-state index contributed by atoms with van der Waals surface area (Å²) in [4.78, 5) is 4.18. The molecule has 0 radical (unpaired) electrons. The Morgan fingerprint density at radius 3 is 2.86 bits per heavy atom. The van der Waals surface area contributed by atoms with Crippen molar-refractivity contribution in [2.45, 2.75) is 51.8 Å². The van der Waals surface area contributed by atoms with E-state index in [1.165, 1.54) is 16.7 Å². The van der Waals surface area contributed by atoms with Gasteiger partial charge in [-0.05, 0) is 43.5 Å². The molecule has 3 rings (SSSR count). The molecule has 116 valence electrons. The van der Waals surface area contributed by atoms with E-state index in [1.807, 2.05) is 18.5 Å². The quantitative estimate of drug-likeness (QED) is 0.924. The van der Waals surface area contributed by atoms with Gasteiger partial charge in [0, 0.05) is 37.0 Å². The summed E-state index contributed by atoms with van der Waals surface area (Å²) < 4.78 is 6.15. The number of ether oxygens (including phenoxy) is 1. The predicted octanol–water partition coefficient (Wildman–Crippen LogP) is 4.04. The van der Waals surface area contributed by atoms with Gasteiger partial charge in [0.25, 0.3) is 0 Å². The van der Waals surface area contributed by atoms with Crippen molar-refractivity contribution < 1.29 is 4.74 Å². The Morgan fingerprint density at radius 2 is 2.14 bits per heavy atom. The molecule has 2 aromatic rings. The van der Waals surface area contributed by atoms with Gasteiger partial charge >= 0.3 is 0 Å². The largest absolute Gasteiger partial charge is 0.487 e. The van der Waals surface area contributed by atoms with Crippen LogP contribution in [0.5, 0.6) is 5.75 Å². The van der Waals surface area contributed by atoms with E-state index in [4.69, 9.17) is 4.74 Å². The fraction of sp³-hybridized carbons (Fsp3) is 0.421. The van der Waals surface area contributed by atoms with Crippen molar-refractivity contribution in [2.24, 2.45) is 0 Å². The maximum absolute atomic E-state index is 6.15. The lowest BCUT2D eigenvalue weighted by atomic mass is 9.88. The van der Waals surface area contributed by atoms with E-state index >= 15 is 0 Å². The van der Waals surface area contributed by atoms with Gasteiger partial charge in [-0.3, -0.25) is 4.98 Å². The molecule has 1 aliphatic rings. The third-order valence-electron chi connectivity index (χ3n) is 4.22. The number of nitrogens with one attached hydrogen (secondary N) is 1. The number of fused-ring (bicyclic) bond motifs is 1. The summed E-state index contributed by atoms with van der Waals surface area (Å²) >= 11 is 0. The zero-order chi connectivity index (χ0) is 15.6. The number of benzene rings is 1. The number of rotatable bonds is 4. The monoisotopic (exact) mass is 296 g/mol. The van der Waals surface area contributed by atoms with Crippen molar-refractivity contribution in [1.29, 1.82) is 0 Å². The summed E-state index contributed by atoms with van der Waals surface area (Å²) in [5, 5.41) is 3.68. The topological polar surface area (TPSA) is 34.2 Å². The van der Waals surface area contributed by atoms with Crippen LogP contribution in [0.1, 0.15) is 49.9 Å². The first-order chi connectivity index (χ1) is 10.6. The Morgan fingerprint density at radius 1 is 1.27 bits per heavy atom. The molecule has 0 amide bonds. The van der Waals surface area contributed by atoms with Gasteiger partial charge in [-0.15, -0.1) is 0 Å². The normalized spacial score (nSPS) is 19.3. The van der Waals surface area contributed by atoms with Gasteiger partial charge in [0.2, 0.25) is 0 Å². The summed E-state index contributed by atoms with van der Waals surface area (Å²) in [6, 6.07) is 11.0. The van der Waals surface area contributed by atoms with Crippen LogP contribution in [0.3, 0.4) is 0 Å². The highest BCUT2D eigenvalue weighted by Gasteiger charge is 2.33. The maximum atomic E-state index is 6.15. The van der Waals surface area contributed by atoms with Gasteiger partial charge in [0.15, 0.2) is 0 Å². The number of pyridine rings is 1. The summed E-state index contributed by atoms with van der Waals surface area (Å²) in [6.07, 6.45) is 5.74. The van der Waals surface area contributed by atoms with Crippen LogP contribution in [-0.4, -0.2) is 10.6 Å². The highest BCUT2D eigenvalue weighted by atomic mass is 16.5. The average Bonchev–Trinajstić information content (AvgIpc) is 2.52. The molecule has 0 saturated carbocycles. The standard InChI is InChI=1S/C19H24N2O/c1-4-14-7-8-18-16(10-14)17(11-19(2,3)22-18)21-13-15-6-5-9-20-12-15/h5-10,12,17,21H,4,11,13H2,1-3H3. The molecule has 0 spiro atoms. The second-order valence-electron chi connectivity index (χ2n) is 6.59. The van der Waals surface area contributed by atoms with Gasteiger partial charge in [-0.25, -0.2) is 0 Å². The van der Waals surface area contributed by atoms with E-state index in [0.717, 1.165) is 25.1 Å². The SMILES string of the molecule is CCc1ccc2c(c1)C(NCc1cccnc1)CC(C)(C)O2. The van der Waals surface area contributed by atoms with Crippen molar-refractivity contribution >= 4 is 0 Å². The van der Waals surface area contributed by atoms with E-state index in [1.54, 1.807) is 0 Å². The lowest BCUT2D eigenvalue weighted by molar-refractivity contribution is 0.0656. The molecule has 1 atom stereocenters. The van der Waals surface area contributed by atoms with Crippen molar-refractivity contribution in [1.82, 2.24) is 10.3 Å². The molecule has 0 fully saturated rings. The van der Waals surface area contributed by atoms with Crippen molar-refractivity contribution in [3.8, 4) is 5.75 Å². The Labute approximate surface area is 132 Å². The molecule has 3 heteroatoms. The molecule has 1 aromatic carbocycles. The zero-order valence-electron chi connectivity index (χ0n) is 13.6. The van der Waals surface area contributed by atoms with Crippen molar-refractivity contribution in [3.63, 3.8) is 0 Å². The summed E-state index contributed by atoms with van der Waals surface area (Å²) in [5.74, 6) is 1.01. The third kappa shape index (κ3) is 3.30. The Hall–Kier alpha value is -1.87. The molecular weight excluding hydrogens is 272 g/mol. The van der Waals surface area contributed by atoms with Crippen LogP contribution >= 0.6 is 0 Å². The molecule has 3 nitrogen and oxygen atoms in total. The Bertz CT molecular complexity index is 637. The number of hydrogen-bond acceptors (Lipinski definition) is 3. The van der Waals surface area contributed by atoms with E-state index in [2.05, 4.69) is 55.3 Å². The van der Waals surface area contributed by atoms with Gasteiger partial charge in [0.05, 0.1) is 0 Å². The van der Waals surface area contributed by atoms with Gasteiger partial charge in [0.1, 0.15) is 11.4 Å². The zero-order valence-corrected chi connectivity index (χ0v) is 13.6. The minimum absolute atomic E-state index is 0.146. The number of aromatic nitrogens is 1. The van der Waals surface area contributed by atoms with E-state index in [-0.39, 0.29) is 5.60 Å². The second-order valence-corrected chi connectivity index (χ2v) is 6.59. The summed E-state index contributed by atoms with van der Waals surface area (Å²) in [7, 11) is 0. The fourth-order valence-corrected chi connectivity index (χ4v) is 3.05. The van der Waals surface area contributed by atoms with E-state index < -0.39 is 0 Å². The Kier molecular flexibility index (Phi) is 4.16. The minimum Gasteiger partial charge on any atom is -0.487 e. The molecule has 0 saturated heterocycles. The molecule has 1 aliphatic heterocycles. The number of aryl methyl sites for hydroxylation is 1. The van der Waals surface area contributed by atoms with E-state index in [0.29, 0.717) is 6.04 Å². The van der Waals surface area contributed by atoms with Crippen LogP contribution in [0.15, 0.2) is 42.7 Å². The predicted molar refractivity (Wildman–Crippen MR) is 89.0 cm³/mol. The molecule has 22 heavy (non-hydrogen) atoms. The highest BCUT2D eigenvalue weighted by molar-refractivity contribution is 5.42. The van der Waals surface area contributed by atoms with Crippen molar-refractivity contribution in [3.05, 3.63) is 59.4 Å². The van der Waals surface area contributed by atoms with Crippen LogP contribution in [0.2, 0.25) is 0 Å². The first-order valence-corrected chi connectivity index (χ1v) is 8.01. The van der Waals surface area contributed by atoms with Gasteiger partial charge < -0.3 is 10.1 Å². The first-order valence-electron chi connectivity index (χ1n) is 8.01.